The van der Waals surface area contributed by atoms with Crippen LogP contribution in [0.5, 0.6) is 0 Å². The molecule has 0 saturated heterocycles. The summed E-state index contributed by atoms with van der Waals surface area (Å²) >= 11 is 12.5. The lowest BCUT2D eigenvalue weighted by molar-refractivity contribution is -0.137. The van der Waals surface area contributed by atoms with Gasteiger partial charge in [-0.3, -0.25) is 0 Å². The second-order valence-electron chi connectivity index (χ2n) is 4.76. The summed E-state index contributed by atoms with van der Waals surface area (Å²) in [5, 5.41) is 6.68. The largest absolute Gasteiger partial charge is 0.416 e. The number of hydrogen-bond acceptors (Lipinski definition) is 2. The molecule has 0 aromatic heterocycles. The highest BCUT2D eigenvalue weighted by atomic mass is 35.5. The zero-order chi connectivity index (χ0) is 17.6. The Morgan fingerprint density at radius 1 is 1.12 bits per heavy atom. The van der Waals surface area contributed by atoms with Gasteiger partial charge in [-0.15, -0.1) is 11.8 Å². The van der Waals surface area contributed by atoms with Gasteiger partial charge in [-0.2, -0.15) is 13.2 Å². The summed E-state index contributed by atoms with van der Waals surface area (Å²) in [5.41, 5.74) is -0.415. The number of nitrogens with one attached hydrogen (secondary N) is 2. The molecule has 24 heavy (non-hydrogen) atoms. The van der Waals surface area contributed by atoms with E-state index in [-0.39, 0.29) is 5.11 Å². The first-order chi connectivity index (χ1) is 11.3. The zero-order valence-electron chi connectivity index (χ0n) is 12.4. The van der Waals surface area contributed by atoms with Crippen LogP contribution in [0.25, 0.3) is 0 Å². The lowest BCUT2D eigenvalue weighted by atomic mass is 10.2. The molecule has 8 heteroatoms. The van der Waals surface area contributed by atoms with Gasteiger partial charge in [0.05, 0.1) is 5.56 Å². The van der Waals surface area contributed by atoms with E-state index in [4.69, 9.17) is 23.8 Å². The first kappa shape index (κ1) is 18.9. The third-order valence-electron chi connectivity index (χ3n) is 2.92. The van der Waals surface area contributed by atoms with E-state index in [2.05, 4.69) is 10.6 Å². The van der Waals surface area contributed by atoms with E-state index in [1.807, 2.05) is 24.3 Å². The number of rotatable bonds is 5. The first-order valence-electron chi connectivity index (χ1n) is 6.95. The molecule has 0 aliphatic carbocycles. The zero-order valence-corrected chi connectivity index (χ0v) is 14.8. The molecule has 2 aromatic carbocycles. The van der Waals surface area contributed by atoms with Gasteiger partial charge in [0.25, 0.3) is 0 Å². The van der Waals surface area contributed by atoms with E-state index in [0.29, 0.717) is 17.3 Å². The Morgan fingerprint density at radius 3 is 2.50 bits per heavy atom. The van der Waals surface area contributed by atoms with Crippen molar-refractivity contribution >= 4 is 46.4 Å². The summed E-state index contributed by atoms with van der Waals surface area (Å²) in [6, 6.07) is 12.4. The van der Waals surface area contributed by atoms with Crippen molar-refractivity contribution in [3.63, 3.8) is 0 Å². The number of halogens is 4. The van der Waals surface area contributed by atoms with E-state index < -0.39 is 11.7 Å². The second kappa shape index (κ2) is 8.60. The fourth-order valence-electron chi connectivity index (χ4n) is 1.81. The Kier molecular flexibility index (Phi) is 6.77. The Balaban J connectivity index is 1.76. The predicted octanol–water partition coefficient (Wildman–Crippen LogP) is 5.44. The topological polar surface area (TPSA) is 24.1 Å². The van der Waals surface area contributed by atoms with Crippen molar-refractivity contribution in [2.75, 3.05) is 17.6 Å². The van der Waals surface area contributed by atoms with Gasteiger partial charge < -0.3 is 10.6 Å². The van der Waals surface area contributed by atoms with Crippen LogP contribution in [0.15, 0.2) is 53.4 Å². The van der Waals surface area contributed by atoms with Crippen LogP contribution in [-0.2, 0) is 6.18 Å². The lowest BCUT2D eigenvalue weighted by Crippen LogP contribution is -2.30. The molecule has 0 spiro atoms. The van der Waals surface area contributed by atoms with Crippen LogP contribution in [-0.4, -0.2) is 17.4 Å². The van der Waals surface area contributed by atoms with Gasteiger partial charge >= 0.3 is 6.18 Å². The molecule has 0 unspecified atom stereocenters. The monoisotopic (exact) mass is 390 g/mol. The van der Waals surface area contributed by atoms with Crippen molar-refractivity contribution in [3.8, 4) is 0 Å². The van der Waals surface area contributed by atoms with Crippen LogP contribution in [0, 0.1) is 0 Å². The fraction of sp³-hybridized carbons (Fsp3) is 0.188. The number of anilines is 1. The molecule has 0 radical (unpaired) electrons. The summed E-state index contributed by atoms with van der Waals surface area (Å²) in [4.78, 5) is 1.08. The van der Waals surface area contributed by atoms with Gasteiger partial charge in [0.15, 0.2) is 5.11 Å². The number of thioether (sulfide) groups is 1. The van der Waals surface area contributed by atoms with Crippen LogP contribution in [0.4, 0.5) is 18.9 Å². The molecule has 0 saturated carbocycles. The number of thiocarbonyl (C=S) groups is 1. The minimum absolute atomic E-state index is 0.283. The number of benzene rings is 2. The summed E-state index contributed by atoms with van der Waals surface area (Å²) in [6.45, 7) is 0.581. The van der Waals surface area contributed by atoms with Crippen LogP contribution in [0.3, 0.4) is 0 Å². The van der Waals surface area contributed by atoms with Crippen molar-refractivity contribution in [3.05, 3.63) is 59.1 Å². The third-order valence-corrected chi connectivity index (χ3v) is 4.43. The molecule has 128 valence electrons. The maximum absolute atomic E-state index is 12.7. The minimum Gasteiger partial charge on any atom is -0.362 e. The van der Waals surface area contributed by atoms with Gasteiger partial charge in [-0.1, -0.05) is 17.7 Å². The van der Waals surface area contributed by atoms with Crippen LogP contribution in [0.1, 0.15) is 5.56 Å². The normalized spacial score (nSPS) is 11.2. The average Bonchev–Trinajstić information content (AvgIpc) is 2.53. The molecule has 0 aliphatic rings. The minimum atomic E-state index is -4.37. The van der Waals surface area contributed by atoms with Crippen molar-refractivity contribution in [2.45, 2.75) is 11.1 Å². The molecule has 0 bridgehead atoms. The number of hydrogen-bond donors (Lipinski definition) is 2. The van der Waals surface area contributed by atoms with E-state index >= 15 is 0 Å². The quantitative estimate of drug-likeness (QED) is 0.403. The van der Waals surface area contributed by atoms with Crippen LogP contribution in [0.2, 0.25) is 5.02 Å². The van der Waals surface area contributed by atoms with Crippen molar-refractivity contribution in [2.24, 2.45) is 0 Å². The number of alkyl halides is 3. The maximum Gasteiger partial charge on any atom is 0.416 e. The van der Waals surface area contributed by atoms with Gasteiger partial charge in [0.2, 0.25) is 0 Å². The van der Waals surface area contributed by atoms with Gasteiger partial charge in [0.1, 0.15) is 0 Å². The van der Waals surface area contributed by atoms with Crippen LogP contribution >= 0.6 is 35.6 Å². The molecular formula is C16H14ClF3N2S2. The van der Waals surface area contributed by atoms with E-state index in [0.717, 1.165) is 22.8 Å². The van der Waals surface area contributed by atoms with Gasteiger partial charge in [-0.25, -0.2) is 0 Å². The molecule has 0 fully saturated rings. The van der Waals surface area contributed by atoms with Crippen molar-refractivity contribution in [1.29, 1.82) is 0 Å². The molecule has 2 rings (SSSR count). The molecule has 0 amide bonds. The Bertz CT molecular complexity index is 690. The third kappa shape index (κ3) is 6.22. The fourth-order valence-corrected chi connectivity index (χ4v) is 2.93. The van der Waals surface area contributed by atoms with E-state index in [1.165, 1.54) is 12.1 Å². The second-order valence-corrected chi connectivity index (χ2v) is 6.77. The summed E-state index contributed by atoms with van der Waals surface area (Å²) in [7, 11) is 0. The van der Waals surface area contributed by atoms with Crippen LogP contribution < -0.4 is 10.6 Å². The van der Waals surface area contributed by atoms with Gasteiger partial charge in [-0.05, 0) is 54.7 Å². The molecule has 2 N–H and O–H groups in total. The molecule has 0 atom stereocenters. The molecule has 2 aromatic rings. The highest BCUT2D eigenvalue weighted by Crippen LogP contribution is 2.30. The highest BCUT2D eigenvalue weighted by molar-refractivity contribution is 7.99. The standard InChI is InChI=1S/C16H14ClF3N2S2/c17-12-4-6-14(7-5-12)24-9-8-21-15(23)22-13-3-1-2-11(10-13)16(18,19)20/h1-7,10H,8-9H2,(H2,21,22,23). The SMILES string of the molecule is FC(F)(F)c1cccc(NC(=S)NCCSc2ccc(Cl)cc2)c1. The Hall–Kier alpha value is -1.44. The first-order valence-corrected chi connectivity index (χ1v) is 8.72. The summed E-state index contributed by atoms with van der Waals surface area (Å²) < 4.78 is 38.0. The predicted molar refractivity (Wildman–Crippen MR) is 97.8 cm³/mol. The van der Waals surface area contributed by atoms with E-state index in [9.17, 15) is 13.2 Å². The van der Waals surface area contributed by atoms with Gasteiger partial charge in [0, 0.05) is 27.9 Å². The van der Waals surface area contributed by atoms with E-state index in [1.54, 1.807) is 11.8 Å². The Morgan fingerprint density at radius 2 is 1.83 bits per heavy atom. The molecular weight excluding hydrogens is 377 g/mol. The lowest BCUT2D eigenvalue weighted by Gasteiger charge is -2.12. The summed E-state index contributed by atoms with van der Waals surface area (Å²) in [5.74, 6) is 0.756. The molecule has 0 heterocycles. The van der Waals surface area contributed by atoms with Crippen molar-refractivity contribution in [1.82, 2.24) is 5.32 Å². The molecule has 0 aliphatic heterocycles. The Labute approximate surface area is 152 Å². The van der Waals surface area contributed by atoms with Crippen molar-refractivity contribution < 1.29 is 13.2 Å². The molecule has 2 nitrogen and oxygen atoms in total. The summed E-state index contributed by atoms with van der Waals surface area (Å²) in [6.07, 6.45) is -4.37. The maximum atomic E-state index is 12.7. The smallest absolute Gasteiger partial charge is 0.362 e. The highest BCUT2D eigenvalue weighted by Gasteiger charge is 2.30. The average molecular weight is 391 g/mol.